The topological polar surface area (TPSA) is 78.9 Å². The Morgan fingerprint density at radius 2 is 0.639 bits per heavy atom. The zero-order chi connectivity index (χ0) is 44.4. The van der Waals surface area contributed by atoms with Crippen molar-refractivity contribution in [3.05, 3.63) is 60.8 Å². The second kappa shape index (κ2) is 49.8. The summed E-state index contributed by atoms with van der Waals surface area (Å²) in [4.78, 5) is 37.9. The highest BCUT2D eigenvalue weighted by Gasteiger charge is 2.19. The number of ether oxygens (including phenoxy) is 3. The Labute approximate surface area is 377 Å². The molecule has 0 saturated heterocycles. The zero-order valence-electron chi connectivity index (χ0n) is 40.2. The van der Waals surface area contributed by atoms with Crippen molar-refractivity contribution >= 4 is 17.9 Å². The SMILES string of the molecule is CC/C=C\C/C=C\CCCCCCCC(=O)OCC(COC(=O)CCCCCCCCC/C=C\CCCCCCCCCC)OC(=O)CCCCCCC/C=C\C/C=C\CC. The van der Waals surface area contributed by atoms with Crippen molar-refractivity contribution in [2.45, 2.75) is 258 Å². The lowest BCUT2D eigenvalue weighted by Gasteiger charge is -2.18. The van der Waals surface area contributed by atoms with Crippen LogP contribution < -0.4 is 0 Å². The van der Waals surface area contributed by atoms with Gasteiger partial charge >= 0.3 is 17.9 Å². The average Bonchev–Trinajstić information content (AvgIpc) is 3.26. The number of hydrogen-bond acceptors (Lipinski definition) is 6. The van der Waals surface area contributed by atoms with Gasteiger partial charge in [-0.25, -0.2) is 0 Å². The summed E-state index contributed by atoms with van der Waals surface area (Å²) in [7, 11) is 0. The van der Waals surface area contributed by atoms with E-state index in [1.807, 2.05) is 0 Å². The Morgan fingerprint density at radius 1 is 0.344 bits per heavy atom. The summed E-state index contributed by atoms with van der Waals surface area (Å²) in [6, 6.07) is 0. The van der Waals surface area contributed by atoms with Crippen LogP contribution in [0.4, 0.5) is 0 Å². The summed E-state index contributed by atoms with van der Waals surface area (Å²) < 4.78 is 16.8. The van der Waals surface area contributed by atoms with Gasteiger partial charge in [0.25, 0.3) is 0 Å². The quantitative estimate of drug-likeness (QED) is 0.0263. The van der Waals surface area contributed by atoms with Gasteiger partial charge in [-0.2, -0.15) is 0 Å². The fourth-order valence-corrected chi connectivity index (χ4v) is 7.16. The van der Waals surface area contributed by atoms with Crippen molar-refractivity contribution in [2.75, 3.05) is 13.2 Å². The van der Waals surface area contributed by atoms with Crippen LogP contribution in [0.5, 0.6) is 0 Å². The van der Waals surface area contributed by atoms with Crippen molar-refractivity contribution in [2.24, 2.45) is 0 Å². The number of carbonyl (C=O) groups excluding carboxylic acids is 3. The van der Waals surface area contributed by atoms with Crippen LogP contribution in [0.15, 0.2) is 60.8 Å². The molecule has 0 amide bonds. The van der Waals surface area contributed by atoms with Crippen LogP contribution in [0.2, 0.25) is 0 Å². The van der Waals surface area contributed by atoms with Crippen LogP contribution in [-0.2, 0) is 28.6 Å². The highest BCUT2D eigenvalue weighted by molar-refractivity contribution is 5.71. The first-order valence-corrected chi connectivity index (χ1v) is 25.8. The van der Waals surface area contributed by atoms with E-state index >= 15 is 0 Å². The van der Waals surface area contributed by atoms with Gasteiger partial charge in [0.15, 0.2) is 6.10 Å². The van der Waals surface area contributed by atoms with Gasteiger partial charge < -0.3 is 14.2 Å². The van der Waals surface area contributed by atoms with Crippen LogP contribution in [0.1, 0.15) is 252 Å². The largest absolute Gasteiger partial charge is 0.462 e. The molecule has 0 rings (SSSR count). The van der Waals surface area contributed by atoms with E-state index in [0.717, 1.165) is 122 Å². The molecule has 0 N–H and O–H groups in total. The van der Waals surface area contributed by atoms with E-state index in [1.54, 1.807) is 0 Å². The maximum absolute atomic E-state index is 12.8. The monoisotopic (exact) mass is 853 g/mol. The standard InChI is InChI=1S/C55H96O6/c1-4-7-10-13-16-19-22-25-26-27-28-29-30-31-34-36-39-42-45-48-54(57)60-51-52(61-55(58)49-46-43-40-37-33-24-21-18-15-12-9-6-3)50-59-53(56)47-44-41-38-35-32-23-20-17-14-11-8-5-2/h8-9,11-12,17-18,20-21,27-28,52H,4-7,10,13-16,19,22-26,29-51H2,1-3H3/b11-8-,12-9-,20-17-,21-18-,28-27-. The minimum atomic E-state index is -0.787. The molecule has 0 fully saturated rings. The molecule has 0 aromatic rings. The predicted octanol–water partition coefficient (Wildman–Crippen LogP) is 16.9. The average molecular weight is 853 g/mol. The first-order chi connectivity index (χ1) is 30.0. The molecule has 6 heteroatoms. The molecule has 1 unspecified atom stereocenters. The highest BCUT2D eigenvalue weighted by Crippen LogP contribution is 2.14. The summed E-state index contributed by atoms with van der Waals surface area (Å²) >= 11 is 0. The molecule has 0 bridgehead atoms. The van der Waals surface area contributed by atoms with Crippen molar-refractivity contribution in [1.82, 2.24) is 0 Å². The lowest BCUT2D eigenvalue weighted by Crippen LogP contribution is -2.30. The van der Waals surface area contributed by atoms with Crippen LogP contribution in [0.3, 0.4) is 0 Å². The molecule has 0 aliphatic rings. The Morgan fingerprint density at radius 3 is 1.00 bits per heavy atom. The van der Waals surface area contributed by atoms with Gasteiger partial charge in [0.05, 0.1) is 0 Å². The number of allylic oxidation sites excluding steroid dienone is 10. The third-order valence-electron chi connectivity index (χ3n) is 11.0. The van der Waals surface area contributed by atoms with E-state index in [9.17, 15) is 14.4 Å². The Hall–Kier alpha value is -2.89. The van der Waals surface area contributed by atoms with Gasteiger partial charge in [-0.05, 0) is 96.3 Å². The lowest BCUT2D eigenvalue weighted by molar-refractivity contribution is -0.167. The third kappa shape index (κ3) is 48.0. The summed E-state index contributed by atoms with van der Waals surface area (Å²) in [5.74, 6) is -0.919. The van der Waals surface area contributed by atoms with Gasteiger partial charge in [-0.1, -0.05) is 197 Å². The molecule has 61 heavy (non-hydrogen) atoms. The van der Waals surface area contributed by atoms with Gasteiger partial charge in [0, 0.05) is 19.3 Å². The van der Waals surface area contributed by atoms with E-state index < -0.39 is 6.10 Å². The van der Waals surface area contributed by atoms with Crippen molar-refractivity contribution in [3.8, 4) is 0 Å². The molecule has 352 valence electrons. The molecule has 6 nitrogen and oxygen atoms in total. The number of carbonyl (C=O) groups is 3. The van der Waals surface area contributed by atoms with E-state index in [1.165, 1.54) is 89.9 Å². The predicted molar refractivity (Wildman–Crippen MR) is 261 cm³/mol. The Bertz CT molecular complexity index is 1120. The van der Waals surface area contributed by atoms with Crippen LogP contribution in [0.25, 0.3) is 0 Å². The fourth-order valence-electron chi connectivity index (χ4n) is 7.16. The van der Waals surface area contributed by atoms with Gasteiger partial charge in [-0.15, -0.1) is 0 Å². The molecular weight excluding hydrogens is 757 g/mol. The maximum atomic E-state index is 12.8. The van der Waals surface area contributed by atoms with Gasteiger partial charge in [0.1, 0.15) is 13.2 Å². The van der Waals surface area contributed by atoms with Crippen molar-refractivity contribution < 1.29 is 28.6 Å². The molecule has 0 heterocycles. The zero-order valence-corrected chi connectivity index (χ0v) is 40.2. The minimum absolute atomic E-state index is 0.0868. The fraction of sp³-hybridized carbons (Fsp3) is 0.764. The van der Waals surface area contributed by atoms with Crippen molar-refractivity contribution in [3.63, 3.8) is 0 Å². The molecule has 0 radical (unpaired) electrons. The molecular formula is C55H96O6. The number of unbranched alkanes of at least 4 members (excludes halogenated alkanes) is 25. The lowest BCUT2D eigenvalue weighted by atomic mass is 10.1. The van der Waals surface area contributed by atoms with Crippen molar-refractivity contribution in [1.29, 1.82) is 0 Å². The smallest absolute Gasteiger partial charge is 0.306 e. The second-order valence-corrected chi connectivity index (χ2v) is 17.0. The van der Waals surface area contributed by atoms with E-state index in [4.69, 9.17) is 14.2 Å². The molecule has 0 aliphatic heterocycles. The molecule has 0 aromatic heterocycles. The Balaban J connectivity index is 4.34. The first kappa shape index (κ1) is 58.1. The van der Waals surface area contributed by atoms with Crippen LogP contribution in [-0.4, -0.2) is 37.2 Å². The van der Waals surface area contributed by atoms with E-state index in [0.29, 0.717) is 19.3 Å². The van der Waals surface area contributed by atoms with E-state index in [2.05, 4.69) is 81.5 Å². The number of esters is 3. The molecule has 0 aromatic carbocycles. The molecule has 0 spiro atoms. The summed E-state index contributed by atoms with van der Waals surface area (Å²) in [5.41, 5.74) is 0. The maximum Gasteiger partial charge on any atom is 0.306 e. The summed E-state index contributed by atoms with van der Waals surface area (Å²) in [6.45, 7) is 6.40. The van der Waals surface area contributed by atoms with Gasteiger partial charge in [-0.3, -0.25) is 14.4 Å². The third-order valence-corrected chi connectivity index (χ3v) is 11.0. The number of rotatable bonds is 46. The molecule has 1 atom stereocenters. The highest BCUT2D eigenvalue weighted by atomic mass is 16.6. The second-order valence-electron chi connectivity index (χ2n) is 17.0. The molecule has 0 aliphatic carbocycles. The Kier molecular flexibility index (Phi) is 47.4. The van der Waals surface area contributed by atoms with E-state index in [-0.39, 0.29) is 31.1 Å². The normalized spacial score (nSPS) is 12.5. The summed E-state index contributed by atoms with van der Waals surface area (Å²) in [5, 5.41) is 0. The van der Waals surface area contributed by atoms with Gasteiger partial charge in [0.2, 0.25) is 0 Å². The number of hydrogen-bond donors (Lipinski definition) is 0. The van der Waals surface area contributed by atoms with Crippen LogP contribution >= 0.6 is 0 Å². The van der Waals surface area contributed by atoms with Crippen LogP contribution in [0, 0.1) is 0 Å². The minimum Gasteiger partial charge on any atom is -0.462 e. The first-order valence-electron chi connectivity index (χ1n) is 25.8. The summed E-state index contributed by atoms with van der Waals surface area (Å²) in [6.07, 6.45) is 60.7. The molecule has 0 saturated carbocycles.